The van der Waals surface area contributed by atoms with E-state index in [1.54, 1.807) is 43.1 Å². The third-order valence-corrected chi connectivity index (χ3v) is 8.48. The number of benzene rings is 2. The summed E-state index contributed by atoms with van der Waals surface area (Å²) >= 11 is 1.05. The van der Waals surface area contributed by atoms with Crippen molar-refractivity contribution in [3.63, 3.8) is 0 Å². The molecular weight excluding hydrogens is 448 g/mol. The van der Waals surface area contributed by atoms with E-state index in [2.05, 4.69) is 10.1 Å². The molecule has 5 rings (SSSR count). The van der Waals surface area contributed by atoms with Crippen LogP contribution in [0.2, 0.25) is 0 Å². The first kappa shape index (κ1) is 20.4. The molecule has 0 spiro atoms. The quantitative estimate of drug-likeness (QED) is 0.395. The Balaban J connectivity index is 1.62. The zero-order valence-electron chi connectivity index (χ0n) is 17.2. The first-order valence-electron chi connectivity index (χ1n) is 9.68. The van der Waals surface area contributed by atoms with E-state index in [1.807, 2.05) is 24.3 Å². The topological polar surface area (TPSA) is 96.1 Å². The fourth-order valence-corrected chi connectivity index (χ4v) is 6.38. The Morgan fingerprint density at radius 3 is 2.62 bits per heavy atom. The highest BCUT2D eigenvalue weighted by Gasteiger charge is 2.26. The second-order valence-corrected chi connectivity index (χ2v) is 10.4. The number of aromatic nitrogens is 4. The standard InChI is InChI=1S/C22H18N4O4S2/c1-25-18-17(12-23-26(21(18)27)13-14-7-6-8-15(11-14)30-2)19-20(25)24-22(31-19)32(28,29)16-9-4-3-5-10-16/h3-12H,13H2,1-2H3. The number of hydrogen-bond donors (Lipinski definition) is 0. The van der Waals surface area contributed by atoms with E-state index < -0.39 is 9.84 Å². The first-order valence-corrected chi connectivity index (χ1v) is 12.0. The third kappa shape index (κ3) is 3.19. The third-order valence-electron chi connectivity index (χ3n) is 5.26. The highest BCUT2D eigenvalue weighted by atomic mass is 32.2. The number of hydrogen-bond acceptors (Lipinski definition) is 7. The van der Waals surface area contributed by atoms with Crippen molar-refractivity contribution < 1.29 is 13.2 Å². The van der Waals surface area contributed by atoms with E-state index in [9.17, 15) is 13.2 Å². The van der Waals surface area contributed by atoms with Crippen molar-refractivity contribution in [2.45, 2.75) is 15.8 Å². The number of thiazole rings is 1. The lowest BCUT2D eigenvalue weighted by atomic mass is 10.2. The van der Waals surface area contributed by atoms with Gasteiger partial charge in [-0.05, 0) is 29.8 Å². The molecule has 162 valence electrons. The van der Waals surface area contributed by atoms with Gasteiger partial charge in [0.15, 0.2) is 5.65 Å². The SMILES string of the molecule is COc1cccc(Cn2ncc3c4sc(S(=O)(=O)c5ccccc5)nc4n(C)c3c2=O)c1. The summed E-state index contributed by atoms with van der Waals surface area (Å²) < 4.78 is 34.8. The molecule has 3 heterocycles. The molecule has 0 saturated heterocycles. The monoisotopic (exact) mass is 466 g/mol. The maximum Gasteiger partial charge on any atom is 0.291 e. The Bertz CT molecular complexity index is 1630. The Morgan fingerprint density at radius 1 is 1.09 bits per heavy atom. The maximum atomic E-state index is 13.2. The molecule has 0 atom stereocenters. The molecule has 3 aromatic heterocycles. The Hall–Kier alpha value is -3.50. The fraction of sp³-hybridized carbons (Fsp3) is 0.136. The van der Waals surface area contributed by atoms with E-state index in [0.29, 0.717) is 27.0 Å². The van der Waals surface area contributed by atoms with Crippen LogP contribution in [0.15, 0.2) is 74.8 Å². The molecule has 0 aliphatic heterocycles. The number of methoxy groups -OCH3 is 1. The van der Waals surface area contributed by atoms with Crippen LogP contribution in [0.1, 0.15) is 5.56 Å². The Kier molecular flexibility index (Phi) is 4.83. The molecule has 0 radical (unpaired) electrons. The number of aryl methyl sites for hydroxylation is 1. The molecule has 0 unspecified atom stereocenters. The van der Waals surface area contributed by atoms with E-state index in [1.165, 1.54) is 16.8 Å². The highest BCUT2D eigenvalue weighted by Crippen LogP contribution is 2.34. The first-order chi connectivity index (χ1) is 15.4. The summed E-state index contributed by atoms with van der Waals surface area (Å²) in [6, 6.07) is 15.6. The van der Waals surface area contributed by atoms with Crippen molar-refractivity contribution in [1.29, 1.82) is 0 Å². The minimum absolute atomic E-state index is 0.00763. The second-order valence-electron chi connectivity index (χ2n) is 7.23. The van der Waals surface area contributed by atoms with Crippen molar-refractivity contribution >= 4 is 42.4 Å². The molecule has 8 nitrogen and oxygen atoms in total. The molecule has 0 saturated carbocycles. The molecule has 0 bridgehead atoms. The van der Waals surface area contributed by atoms with Gasteiger partial charge < -0.3 is 9.30 Å². The Labute approximate surface area is 187 Å². The summed E-state index contributed by atoms with van der Waals surface area (Å²) in [5.41, 5.74) is 1.48. The lowest BCUT2D eigenvalue weighted by Crippen LogP contribution is -2.24. The van der Waals surface area contributed by atoms with Crippen LogP contribution in [0.4, 0.5) is 0 Å². The van der Waals surface area contributed by atoms with Gasteiger partial charge in [0.25, 0.3) is 5.56 Å². The average molecular weight is 467 g/mol. The lowest BCUT2D eigenvalue weighted by molar-refractivity contribution is 0.414. The summed E-state index contributed by atoms with van der Waals surface area (Å²) in [6.07, 6.45) is 1.59. The molecule has 2 aromatic carbocycles. The van der Waals surface area contributed by atoms with Crippen LogP contribution >= 0.6 is 11.3 Å². The molecule has 0 amide bonds. The molecule has 32 heavy (non-hydrogen) atoms. The predicted molar refractivity (Wildman–Crippen MR) is 122 cm³/mol. The van der Waals surface area contributed by atoms with Gasteiger partial charge in [-0.2, -0.15) is 5.10 Å². The number of nitrogens with zero attached hydrogens (tertiary/aromatic N) is 4. The van der Waals surface area contributed by atoms with E-state index >= 15 is 0 Å². The zero-order chi connectivity index (χ0) is 22.5. The van der Waals surface area contributed by atoms with Crippen LogP contribution in [-0.4, -0.2) is 34.9 Å². The normalized spacial score (nSPS) is 11.9. The molecule has 0 N–H and O–H groups in total. The molecule has 0 aliphatic rings. The smallest absolute Gasteiger partial charge is 0.291 e. The Morgan fingerprint density at radius 2 is 1.88 bits per heavy atom. The van der Waals surface area contributed by atoms with Gasteiger partial charge in [0.2, 0.25) is 14.2 Å². The van der Waals surface area contributed by atoms with Crippen LogP contribution in [0, 0.1) is 0 Å². The summed E-state index contributed by atoms with van der Waals surface area (Å²) in [7, 11) is -0.446. The summed E-state index contributed by atoms with van der Waals surface area (Å²) in [4.78, 5) is 17.7. The van der Waals surface area contributed by atoms with Gasteiger partial charge in [-0.1, -0.05) is 41.7 Å². The van der Waals surface area contributed by atoms with E-state index in [0.717, 1.165) is 16.9 Å². The van der Waals surface area contributed by atoms with E-state index in [-0.39, 0.29) is 21.3 Å². The average Bonchev–Trinajstić information content (AvgIpc) is 3.36. The largest absolute Gasteiger partial charge is 0.497 e. The summed E-state index contributed by atoms with van der Waals surface area (Å²) in [6.45, 7) is 0.284. The van der Waals surface area contributed by atoms with E-state index in [4.69, 9.17) is 4.74 Å². The summed E-state index contributed by atoms with van der Waals surface area (Å²) in [5, 5.41) is 4.91. The molecular formula is C22H18N4O4S2. The van der Waals surface area contributed by atoms with Crippen LogP contribution in [0.3, 0.4) is 0 Å². The van der Waals surface area contributed by atoms with Crippen molar-refractivity contribution in [1.82, 2.24) is 19.3 Å². The second kappa shape index (κ2) is 7.57. The minimum Gasteiger partial charge on any atom is -0.497 e. The van der Waals surface area contributed by atoms with Crippen LogP contribution in [0.5, 0.6) is 5.75 Å². The number of fused-ring (bicyclic) bond motifs is 3. The van der Waals surface area contributed by atoms with Gasteiger partial charge >= 0.3 is 0 Å². The van der Waals surface area contributed by atoms with Gasteiger partial charge in [0.1, 0.15) is 11.3 Å². The van der Waals surface area contributed by atoms with Gasteiger partial charge in [0.05, 0.1) is 29.4 Å². The van der Waals surface area contributed by atoms with Crippen molar-refractivity contribution in [3.8, 4) is 5.75 Å². The molecule has 5 aromatic rings. The lowest BCUT2D eigenvalue weighted by Gasteiger charge is -2.07. The van der Waals surface area contributed by atoms with Gasteiger partial charge in [-0.3, -0.25) is 4.79 Å². The predicted octanol–water partition coefficient (Wildman–Crippen LogP) is 3.23. The van der Waals surface area contributed by atoms with Gasteiger partial charge in [-0.25, -0.2) is 18.1 Å². The molecule has 10 heteroatoms. The van der Waals surface area contributed by atoms with Crippen molar-refractivity contribution in [3.05, 3.63) is 76.7 Å². The zero-order valence-corrected chi connectivity index (χ0v) is 18.9. The number of rotatable bonds is 5. The van der Waals surface area contributed by atoms with Crippen molar-refractivity contribution in [2.75, 3.05) is 7.11 Å². The number of sulfone groups is 1. The molecule has 0 aliphatic carbocycles. The maximum absolute atomic E-state index is 13.2. The minimum atomic E-state index is -3.74. The highest BCUT2D eigenvalue weighted by molar-refractivity contribution is 7.93. The number of ether oxygens (including phenoxy) is 1. The van der Waals surface area contributed by atoms with Crippen molar-refractivity contribution in [2.24, 2.45) is 7.05 Å². The van der Waals surface area contributed by atoms with Gasteiger partial charge in [0, 0.05) is 12.4 Å². The fourth-order valence-electron chi connectivity index (χ4n) is 3.64. The molecule has 0 fully saturated rings. The van der Waals surface area contributed by atoms with Crippen LogP contribution in [0.25, 0.3) is 21.3 Å². The van der Waals surface area contributed by atoms with Crippen LogP contribution < -0.4 is 10.3 Å². The summed E-state index contributed by atoms with van der Waals surface area (Å²) in [5.74, 6) is 0.701. The van der Waals surface area contributed by atoms with Gasteiger partial charge in [-0.15, -0.1) is 0 Å². The van der Waals surface area contributed by atoms with Crippen LogP contribution in [-0.2, 0) is 23.4 Å².